The van der Waals surface area contributed by atoms with E-state index in [0.717, 1.165) is 25.3 Å². The topological polar surface area (TPSA) is 39.1 Å². The number of hydrogen-bond donors (Lipinski definition) is 1. The SMILES string of the molecule is CCNC(c1nccn1CC)C(CC)OC. The van der Waals surface area contributed by atoms with Gasteiger partial charge in [0, 0.05) is 26.0 Å². The Kier molecular flexibility index (Phi) is 5.49. The molecule has 16 heavy (non-hydrogen) atoms. The van der Waals surface area contributed by atoms with Crippen LogP contribution in [0, 0.1) is 0 Å². The van der Waals surface area contributed by atoms with Gasteiger partial charge in [-0.15, -0.1) is 0 Å². The summed E-state index contributed by atoms with van der Waals surface area (Å²) in [7, 11) is 1.76. The van der Waals surface area contributed by atoms with E-state index in [4.69, 9.17) is 4.74 Å². The predicted octanol–water partition coefficient (Wildman–Crippen LogP) is 1.98. The zero-order valence-corrected chi connectivity index (χ0v) is 10.7. The Bertz CT molecular complexity index is 294. The highest BCUT2D eigenvalue weighted by molar-refractivity contribution is 5.02. The van der Waals surface area contributed by atoms with E-state index in [2.05, 4.69) is 35.6 Å². The normalized spacial score (nSPS) is 15.0. The minimum Gasteiger partial charge on any atom is -0.379 e. The summed E-state index contributed by atoms with van der Waals surface area (Å²) in [6.45, 7) is 8.23. The Morgan fingerprint density at radius 1 is 1.44 bits per heavy atom. The van der Waals surface area contributed by atoms with Gasteiger partial charge in [0.2, 0.25) is 0 Å². The number of imidazole rings is 1. The van der Waals surface area contributed by atoms with E-state index in [0.29, 0.717) is 0 Å². The second kappa shape index (κ2) is 6.66. The van der Waals surface area contributed by atoms with Crippen molar-refractivity contribution in [2.45, 2.75) is 45.9 Å². The number of ether oxygens (including phenoxy) is 1. The van der Waals surface area contributed by atoms with Crippen molar-refractivity contribution >= 4 is 0 Å². The van der Waals surface area contributed by atoms with Crippen LogP contribution in [0.15, 0.2) is 12.4 Å². The Morgan fingerprint density at radius 3 is 2.69 bits per heavy atom. The number of nitrogens with zero attached hydrogens (tertiary/aromatic N) is 2. The van der Waals surface area contributed by atoms with Crippen molar-refractivity contribution in [1.82, 2.24) is 14.9 Å². The van der Waals surface area contributed by atoms with Crippen LogP contribution in [0.1, 0.15) is 39.1 Å². The van der Waals surface area contributed by atoms with Crippen LogP contribution in [-0.2, 0) is 11.3 Å². The molecule has 1 aromatic rings. The molecule has 4 nitrogen and oxygen atoms in total. The van der Waals surface area contributed by atoms with Crippen molar-refractivity contribution < 1.29 is 4.74 Å². The molecule has 0 aliphatic heterocycles. The predicted molar refractivity (Wildman–Crippen MR) is 65.4 cm³/mol. The fraction of sp³-hybridized carbons (Fsp3) is 0.750. The Hall–Kier alpha value is -0.870. The Labute approximate surface area is 98.0 Å². The molecule has 0 aliphatic carbocycles. The third kappa shape index (κ3) is 2.83. The number of rotatable bonds is 7. The van der Waals surface area contributed by atoms with E-state index < -0.39 is 0 Å². The first-order valence-corrected chi connectivity index (χ1v) is 6.05. The van der Waals surface area contributed by atoms with Gasteiger partial charge >= 0.3 is 0 Å². The lowest BCUT2D eigenvalue weighted by Crippen LogP contribution is -2.35. The quantitative estimate of drug-likeness (QED) is 0.771. The molecule has 0 spiro atoms. The summed E-state index contributed by atoms with van der Waals surface area (Å²) in [5.74, 6) is 1.07. The molecule has 1 N–H and O–H groups in total. The van der Waals surface area contributed by atoms with Gasteiger partial charge in [-0.25, -0.2) is 4.98 Å². The molecule has 2 unspecified atom stereocenters. The Morgan fingerprint density at radius 2 is 2.19 bits per heavy atom. The van der Waals surface area contributed by atoms with E-state index in [-0.39, 0.29) is 12.1 Å². The molecule has 0 bridgehead atoms. The molecule has 0 fully saturated rings. The van der Waals surface area contributed by atoms with Crippen LogP contribution >= 0.6 is 0 Å². The van der Waals surface area contributed by atoms with Crippen LogP contribution in [0.25, 0.3) is 0 Å². The minimum atomic E-state index is 0.174. The van der Waals surface area contributed by atoms with Crippen LogP contribution in [0.2, 0.25) is 0 Å². The fourth-order valence-corrected chi connectivity index (χ4v) is 2.01. The van der Waals surface area contributed by atoms with Gasteiger partial charge in [-0.1, -0.05) is 13.8 Å². The highest BCUT2D eigenvalue weighted by Crippen LogP contribution is 2.19. The molecule has 1 rings (SSSR count). The van der Waals surface area contributed by atoms with Gasteiger partial charge in [-0.05, 0) is 19.9 Å². The van der Waals surface area contributed by atoms with Crippen molar-refractivity contribution in [2.75, 3.05) is 13.7 Å². The maximum Gasteiger partial charge on any atom is 0.128 e. The first kappa shape index (κ1) is 13.2. The van der Waals surface area contributed by atoms with Crippen LogP contribution in [0.3, 0.4) is 0 Å². The summed E-state index contributed by atoms with van der Waals surface area (Å²) in [6, 6.07) is 0.176. The van der Waals surface area contributed by atoms with Crippen molar-refractivity contribution in [3.8, 4) is 0 Å². The average molecular weight is 225 g/mol. The third-order valence-corrected chi connectivity index (χ3v) is 2.87. The second-order valence-electron chi connectivity index (χ2n) is 3.79. The summed E-state index contributed by atoms with van der Waals surface area (Å²) in [6.07, 6.45) is 5.02. The molecule has 0 radical (unpaired) electrons. The summed E-state index contributed by atoms with van der Waals surface area (Å²) < 4.78 is 7.68. The van der Waals surface area contributed by atoms with Crippen LogP contribution in [0.4, 0.5) is 0 Å². The second-order valence-corrected chi connectivity index (χ2v) is 3.79. The number of hydrogen-bond acceptors (Lipinski definition) is 3. The van der Waals surface area contributed by atoms with Crippen LogP contribution in [-0.4, -0.2) is 29.3 Å². The lowest BCUT2D eigenvalue weighted by molar-refractivity contribution is 0.0617. The third-order valence-electron chi connectivity index (χ3n) is 2.87. The van der Waals surface area contributed by atoms with E-state index >= 15 is 0 Å². The summed E-state index contributed by atoms with van der Waals surface area (Å²) in [5, 5.41) is 3.45. The highest BCUT2D eigenvalue weighted by atomic mass is 16.5. The number of methoxy groups -OCH3 is 1. The highest BCUT2D eigenvalue weighted by Gasteiger charge is 2.24. The fourth-order valence-electron chi connectivity index (χ4n) is 2.01. The summed E-state index contributed by atoms with van der Waals surface area (Å²) in [4.78, 5) is 4.44. The first-order valence-electron chi connectivity index (χ1n) is 6.05. The molecular formula is C12H23N3O. The molecule has 1 aromatic heterocycles. The van der Waals surface area contributed by atoms with Gasteiger partial charge in [0.15, 0.2) is 0 Å². The molecule has 0 saturated carbocycles. The van der Waals surface area contributed by atoms with Gasteiger partial charge in [0.25, 0.3) is 0 Å². The van der Waals surface area contributed by atoms with Crippen molar-refractivity contribution in [3.05, 3.63) is 18.2 Å². The van der Waals surface area contributed by atoms with Gasteiger partial charge in [-0.2, -0.15) is 0 Å². The van der Waals surface area contributed by atoms with Crippen molar-refractivity contribution in [1.29, 1.82) is 0 Å². The van der Waals surface area contributed by atoms with Crippen molar-refractivity contribution in [3.63, 3.8) is 0 Å². The largest absolute Gasteiger partial charge is 0.379 e. The molecule has 0 saturated heterocycles. The molecule has 92 valence electrons. The monoisotopic (exact) mass is 225 g/mol. The standard InChI is InChI=1S/C12H23N3O/c1-5-10(16-4)11(13-6-2)12-14-8-9-15(12)7-3/h8-11,13H,5-7H2,1-4H3. The average Bonchev–Trinajstić information content (AvgIpc) is 2.77. The molecule has 0 aliphatic rings. The molecule has 0 amide bonds. The lowest BCUT2D eigenvalue weighted by atomic mass is 10.1. The van der Waals surface area contributed by atoms with E-state index in [1.807, 2.05) is 12.4 Å². The molecule has 4 heteroatoms. The number of aromatic nitrogens is 2. The number of likely N-dealkylation sites (N-methyl/N-ethyl adjacent to an activating group) is 1. The summed E-state index contributed by atoms with van der Waals surface area (Å²) in [5.41, 5.74) is 0. The Balaban J connectivity index is 2.91. The van der Waals surface area contributed by atoms with Crippen LogP contribution < -0.4 is 5.32 Å². The maximum atomic E-state index is 5.52. The van der Waals surface area contributed by atoms with E-state index in [1.165, 1.54) is 0 Å². The first-order chi connectivity index (χ1) is 7.78. The van der Waals surface area contributed by atoms with Gasteiger partial charge in [-0.3, -0.25) is 0 Å². The molecular weight excluding hydrogens is 202 g/mol. The lowest BCUT2D eigenvalue weighted by Gasteiger charge is -2.25. The summed E-state index contributed by atoms with van der Waals surface area (Å²) >= 11 is 0. The zero-order chi connectivity index (χ0) is 12.0. The van der Waals surface area contributed by atoms with Crippen LogP contribution in [0.5, 0.6) is 0 Å². The van der Waals surface area contributed by atoms with E-state index in [9.17, 15) is 0 Å². The van der Waals surface area contributed by atoms with Gasteiger partial charge < -0.3 is 14.6 Å². The van der Waals surface area contributed by atoms with Gasteiger partial charge in [0.1, 0.15) is 5.82 Å². The smallest absolute Gasteiger partial charge is 0.128 e. The molecule has 0 aromatic carbocycles. The van der Waals surface area contributed by atoms with Gasteiger partial charge in [0.05, 0.1) is 12.1 Å². The van der Waals surface area contributed by atoms with E-state index in [1.54, 1.807) is 7.11 Å². The number of nitrogens with one attached hydrogen (secondary N) is 1. The zero-order valence-electron chi connectivity index (χ0n) is 10.7. The maximum absolute atomic E-state index is 5.52. The molecule has 2 atom stereocenters. The minimum absolute atomic E-state index is 0.174. The number of aryl methyl sites for hydroxylation is 1. The molecule has 1 heterocycles. The van der Waals surface area contributed by atoms with Crippen molar-refractivity contribution in [2.24, 2.45) is 0 Å².